The van der Waals surface area contributed by atoms with Gasteiger partial charge in [0.1, 0.15) is 6.23 Å². The summed E-state index contributed by atoms with van der Waals surface area (Å²) in [6.07, 6.45) is 4.86. The summed E-state index contributed by atoms with van der Waals surface area (Å²) in [6.45, 7) is 0. The van der Waals surface area contributed by atoms with Gasteiger partial charge in [-0.25, -0.2) is 9.98 Å². The Kier molecular flexibility index (Phi) is 3.61. The van der Waals surface area contributed by atoms with Crippen LogP contribution in [-0.2, 0) is 4.74 Å². The number of aromatic amines is 1. The molecule has 2 aromatic rings. The van der Waals surface area contributed by atoms with Crippen LogP contribution in [-0.4, -0.2) is 62.2 Å². The van der Waals surface area contributed by atoms with E-state index < -0.39 is 6.10 Å². The van der Waals surface area contributed by atoms with Gasteiger partial charge in [-0.2, -0.15) is 4.98 Å². The Balaban J connectivity index is 1.70. The second-order valence-electron chi connectivity index (χ2n) is 6.62. The van der Waals surface area contributed by atoms with E-state index in [0.29, 0.717) is 11.6 Å². The quantitative estimate of drug-likeness (QED) is 0.622. The molecule has 0 amide bonds. The Hall–Kier alpha value is -2.26. The number of fused-ring (bicyclic) bond motifs is 2. The molecule has 1 aliphatic heterocycles. The van der Waals surface area contributed by atoms with Crippen LogP contribution in [0.25, 0.3) is 11.2 Å². The lowest BCUT2D eigenvalue weighted by Gasteiger charge is -2.16. The van der Waals surface area contributed by atoms with Gasteiger partial charge in [0.25, 0.3) is 5.56 Å². The number of nitrogens with zero attached hydrogens (tertiary/aromatic N) is 5. The smallest absolute Gasteiger partial charge is 0.280 e. The number of hydrogen-bond donors (Lipinski definition) is 2. The number of aliphatic imine (C=N–C) groups is 1. The molecule has 1 aliphatic carbocycles. The Morgan fingerprint density at radius 2 is 2.33 bits per heavy atom. The number of rotatable bonds is 3. The highest BCUT2D eigenvalue weighted by Crippen LogP contribution is 2.43. The molecule has 9 heteroatoms. The second-order valence-corrected chi connectivity index (χ2v) is 6.62. The van der Waals surface area contributed by atoms with Crippen molar-refractivity contribution < 1.29 is 9.84 Å². The van der Waals surface area contributed by atoms with E-state index in [1.54, 1.807) is 22.1 Å². The first-order valence-electron chi connectivity index (χ1n) is 8.04. The summed E-state index contributed by atoms with van der Waals surface area (Å²) in [5, 5.41) is 9.99. The number of ether oxygens (including phenoxy) is 1. The zero-order valence-electron chi connectivity index (χ0n) is 13.6. The third-order valence-corrected chi connectivity index (χ3v) is 4.64. The minimum absolute atomic E-state index is 0.138. The average molecular weight is 332 g/mol. The van der Waals surface area contributed by atoms with Crippen LogP contribution < -0.4 is 5.56 Å². The molecule has 0 radical (unpaired) electrons. The van der Waals surface area contributed by atoms with Gasteiger partial charge in [-0.05, 0) is 25.2 Å². The van der Waals surface area contributed by atoms with E-state index in [-0.39, 0.29) is 29.4 Å². The molecule has 24 heavy (non-hydrogen) atoms. The Morgan fingerprint density at radius 1 is 1.50 bits per heavy atom. The van der Waals surface area contributed by atoms with Gasteiger partial charge in [-0.15, -0.1) is 0 Å². The van der Waals surface area contributed by atoms with Crippen molar-refractivity contribution in [1.82, 2.24) is 24.4 Å². The Labute approximate surface area is 138 Å². The van der Waals surface area contributed by atoms with Crippen LogP contribution in [0, 0.1) is 5.92 Å². The van der Waals surface area contributed by atoms with Gasteiger partial charge >= 0.3 is 0 Å². The van der Waals surface area contributed by atoms with Crippen LogP contribution in [0.2, 0.25) is 0 Å². The number of aliphatic hydroxyl groups is 1. The monoisotopic (exact) mass is 332 g/mol. The first-order chi connectivity index (χ1) is 11.5. The molecule has 1 saturated heterocycles. The molecule has 4 atom stereocenters. The molecule has 2 N–H and O–H groups in total. The van der Waals surface area contributed by atoms with Crippen molar-refractivity contribution in [3.05, 3.63) is 16.7 Å². The zero-order chi connectivity index (χ0) is 16.8. The predicted octanol–water partition coefficient (Wildman–Crippen LogP) is 0.399. The predicted molar refractivity (Wildman–Crippen MR) is 87.2 cm³/mol. The number of aromatic nitrogens is 4. The lowest BCUT2D eigenvalue weighted by molar-refractivity contribution is -0.0525. The maximum absolute atomic E-state index is 12.2. The summed E-state index contributed by atoms with van der Waals surface area (Å²) in [6, 6.07) is 0. The van der Waals surface area contributed by atoms with Gasteiger partial charge in [0.15, 0.2) is 11.2 Å². The van der Waals surface area contributed by atoms with Crippen LogP contribution in [0.5, 0.6) is 0 Å². The maximum atomic E-state index is 12.2. The molecule has 0 aromatic carbocycles. The number of hydrogen-bond acceptors (Lipinski definition) is 6. The van der Waals surface area contributed by atoms with Gasteiger partial charge < -0.3 is 14.7 Å². The molecule has 128 valence electrons. The second kappa shape index (κ2) is 5.67. The highest BCUT2D eigenvalue weighted by molar-refractivity contribution is 5.71. The molecular weight excluding hydrogens is 312 g/mol. The van der Waals surface area contributed by atoms with E-state index in [4.69, 9.17) is 4.74 Å². The molecule has 3 heterocycles. The number of H-pyrrole nitrogens is 1. The molecule has 0 bridgehead atoms. The van der Waals surface area contributed by atoms with Crippen LogP contribution in [0.15, 0.2) is 16.1 Å². The van der Waals surface area contributed by atoms with E-state index in [1.807, 2.05) is 14.1 Å². The van der Waals surface area contributed by atoms with Crippen LogP contribution >= 0.6 is 0 Å². The van der Waals surface area contributed by atoms with Crippen molar-refractivity contribution in [3.63, 3.8) is 0 Å². The van der Waals surface area contributed by atoms with E-state index in [1.165, 1.54) is 0 Å². The first-order valence-corrected chi connectivity index (χ1v) is 8.04. The molecule has 0 spiro atoms. The summed E-state index contributed by atoms with van der Waals surface area (Å²) in [7, 11) is 3.67. The van der Waals surface area contributed by atoms with Gasteiger partial charge in [-0.1, -0.05) is 0 Å². The van der Waals surface area contributed by atoms with Crippen molar-refractivity contribution in [2.75, 3.05) is 14.1 Å². The molecule has 1 saturated carbocycles. The van der Waals surface area contributed by atoms with Gasteiger partial charge in [0, 0.05) is 14.1 Å². The van der Waals surface area contributed by atoms with E-state index in [9.17, 15) is 9.90 Å². The summed E-state index contributed by atoms with van der Waals surface area (Å²) in [4.78, 5) is 29.3. The lowest BCUT2D eigenvalue weighted by Crippen LogP contribution is -2.23. The van der Waals surface area contributed by atoms with Crippen molar-refractivity contribution >= 4 is 23.5 Å². The molecule has 2 aromatic heterocycles. The summed E-state index contributed by atoms with van der Waals surface area (Å²) >= 11 is 0. The fraction of sp³-hybridized carbons (Fsp3) is 0.600. The maximum Gasteiger partial charge on any atom is 0.280 e. The summed E-state index contributed by atoms with van der Waals surface area (Å²) in [5.41, 5.74) is 0.381. The summed E-state index contributed by atoms with van der Waals surface area (Å²) < 4.78 is 7.77. The molecule has 9 nitrogen and oxygen atoms in total. The largest absolute Gasteiger partial charge is 0.390 e. The third kappa shape index (κ3) is 2.49. The minimum Gasteiger partial charge on any atom is -0.390 e. The van der Waals surface area contributed by atoms with E-state index >= 15 is 0 Å². The van der Waals surface area contributed by atoms with Crippen LogP contribution in [0.4, 0.5) is 5.95 Å². The van der Waals surface area contributed by atoms with Gasteiger partial charge in [-0.3, -0.25) is 14.3 Å². The SMILES string of the molecule is CN(C)/C=N/c1nc2c(ncn2C2CC3CCC(O)C3O2)c(=O)[nH]1. The van der Waals surface area contributed by atoms with Gasteiger partial charge in [0.2, 0.25) is 5.95 Å². The minimum atomic E-state index is -0.411. The number of aliphatic hydroxyl groups excluding tert-OH is 1. The lowest BCUT2D eigenvalue weighted by atomic mass is 10.0. The van der Waals surface area contributed by atoms with E-state index in [2.05, 4.69) is 19.9 Å². The first kappa shape index (κ1) is 15.3. The Bertz CT molecular complexity index is 841. The summed E-state index contributed by atoms with van der Waals surface area (Å²) in [5.74, 6) is 0.567. The number of imidazole rings is 1. The van der Waals surface area contributed by atoms with Crippen LogP contribution in [0.3, 0.4) is 0 Å². The molecule has 2 fully saturated rings. The highest BCUT2D eigenvalue weighted by atomic mass is 16.5. The average Bonchev–Trinajstić information content (AvgIpc) is 3.21. The van der Waals surface area contributed by atoms with Crippen molar-refractivity contribution in [3.8, 4) is 0 Å². The Morgan fingerprint density at radius 3 is 3.08 bits per heavy atom. The topological polar surface area (TPSA) is 109 Å². The van der Waals surface area contributed by atoms with Crippen LogP contribution in [0.1, 0.15) is 25.5 Å². The standard InChI is InChI=1S/C15H20N6O3/c1-20(2)6-17-15-18-13-11(14(23)19-15)16-7-21(13)10-5-8-3-4-9(22)12(8)24-10/h6-10,12,22H,3-5H2,1-2H3,(H,18,19,23)/b17-6+. The van der Waals surface area contributed by atoms with Crippen molar-refractivity contribution in [2.24, 2.45) is 10.9 Å². The normalized spacial score (nSPS) is 29.6. The fourth-order valence-corrected chi connectivity index (χ4v) is 3.51. The zero-order valence-corrected chi connectivity index (χ0v) is 13.6. The van der Waals surface area contributed by atoms with E-state index in [0.717, 1.165) is 19.3 Å². The number of nitrogens with one attached hydrogen (secondary N) is 1. The highest BCUT2D eigenvalue weighted by Gasteiger charge is 2.44. The van der Waals surface area contributed by atoms with Crippen molar-refractivity contribution in [2.45, 2.75) is 37.7 Å². The molecule has 4 rings (SSSR count). The molecular formula is C15H20N6O3. The fourth-order valence-electron chi connectivity index (χ4n) is 3.51. The molecule has 2 aliphatic rings. The van der Waals surface area contributed by atoms with Crippen molar-refractivity contribution in [1.29, 1.82) is 0 Å². The third-order valence-electron chi connectivity index (χ3n) is 4.64. The molecule has 4 unspecified atom stereocenters. The van der Waals surface area contributed by atoms with Gasteiger partial charge in [0.05, 0.1) is 24.9 Å².